The summed E-state index contributed by atoms with van der Waals surface area (Å²) in [7, 11) is 1.34. The fourth-order valence-corrected chi connectivity index (χ4v) is 4.28. The van der Waals surface area contributed by atoms with E-state index in [-0.39, 0.29) is 55.9 Å². The number of carbonyl (C=O) groups excluding carboxylic acids is 2. The van der Waals surface area contributed by atoms with Crippen LogP contribution in [-0.4, -0.2) is 41.5 Å². The maximum atomic E-state index is 14.0. The van der Waals surface area contributed by atoms with E-state index in [1.165, 1.54) is 53.0 Å². The summed E-state index contributed by atoms with van der Waals surface area (Å²) in [6.45, 7) is 0.480. The monoisotopic (exact) mass is 499 g/mol. The molecule has 2 amide bonds. The van der Waals surface area contributed by atoms with Crippen molar-refractivity contribution >= 4 is 11.8 Å². The lowest BCUT2D eigenvalue weighted by Crippen LogP contribution is -2.35. The molecule has 10 heteroatoms. The highest BCUT2D eigenvalue weighted by Gasteiger charge is 2.27. The smallest absolute Gasteiger partial charge is 0.257 e. The van der Waals surface area contributed by atoms with Crippen molar-refractivity contribution < 1.29 is 27.5 Å². The van der Waals surface area contributed by atoms with Gasteiger partial charge in [-0.25, -0.2) is 13.2 Å². The lowest BCUT2D eigenvalue weighted by Gasteiger charge is -2.20. The second-order valence-electron chi connectivity index (χ2n) is 8.36. The van der Waals surface area contributed by atoms with Crippen molar-refractivity contribution in [2.24, 2.45) is 0 Å². The van der Waals surface area contributed by atoms with Gasteiger partial charge in [0.25, 0.3) is 11.5 Å². The number of benzene rings is 2. The van der Waals surface area contributed by atoms with Crippen LogP contribution in [0.4, 0.5) is 13.2 Å². The van der Waals surface area contributed by atoms with E-state index < -0.39 is 34.8 Å². The molecular formula is C26H24F3N3O4. The van der Waals surface area contributed by atoms with Crippen LogP contribution in [-0.2, 0) is 30.7 Å². The van der Waals surface area contributed by atoms with Crippen LogP contribution in [0.25, 0.3) is 0 Å². The topological polar surface area (TPSA) is 80.6 Å². The number of pyridine rings is 1. The van der Waals surface area contributed by atoms with Gasteiger partial charge in [0.1, 0.15) is 17.1 Å². The minimum absolute atomic E-state index is 0.0574. The number of hydrogen-bond acceptors (Lipinski definition) is 4. The van der Waals surface area contributed by atoms with Gasteiger partial charge < -0.3 is 19.5 Å². The Hall–Kier alpha value is -4.08. The zero-order valence-electron chi connectivity index (χ0n) is 19.5. The molecule has 0 spiro atoms. The van der Waals surface area contributed by atoms with Gasteiger partial charge in [-0.05, 0) is 23.8 Å². The molecule has 7 nitrogen and oxygen atoms in total. The number of ether oxygens (including phenoxy) is 1. The number of methoxy groups -OCH3 is 1. The number of nitrogens with zero attached hydrogens (tertiary/aromatic N) is 2. The Bertz CT molecular complexity index is 1370. The van der Waals surface area contributed by atoms with Crippen molar-refractivity contribution in [2.45, 2.75) is 25.9 Å². The van der Waals surface area contributed by atoms with Crippen molar-refractivity contribution in [3.05, 3.63) is 98.7 Å². The first kappa shape index (κ1) is 25.0. The van der Waals surface area contributed by atoms with Gasteiger partial charge in [-0.2, -0.15) is 0 Å². The molecule has 1 aromatic heterocycles. The largest absolute Gasteiger partial charge is 0.496 e. The second-order valence-corrected chi connectivity index (χ2v) is 8.36. The molecule has 1 aliphatic heterocycles. The Balaban J connectivity index is 1.56. The molecular weight excluding hydrogens is 475 g/mol. The predicted octanol–water partition coefficient (Wildman–Crippen LogP) is 2.83. The Morgan fingerprint density at radius 1 is 1.03 bits per heavy atom. The number of carbonyl (C=O) groups is 2. The van der Waals surface area contributed by atoms with Crippen LogP contribution < -0.4 is 15.6 Å². The van der Waals surface area contributed by atoms with Crippen molar-refractivity contribution in [2.75, 3.05) is 20.2 Å². The molecule has 3 aromatic rings. The molecule has 0 unspecified atom stereocenters. The lowest BCUT2D eigenvalue weighted by atomic mass is 10.1. The summed E-state index contributed by atoms with van der Waals surface area (Å²) in [6.07, 6.45) is -0.175. The Labute approximate surface area is 205 Å². The SMILES string of the molecule is COc1cc(=O)n2c(c1C(=O)NCc1cccc(F)c1)CCN(C(=O)Cc1cccc(F)c1F)CC2. The molecule has 0 bridgehead atoms. The fraction of sp³-hybridized carbons (Fsp3) is 0.269. The first-order valence-electron chi connectivity index (χ1n) is 11.3. The summed E-state index contributed by atoms with van der Waals surface area (Å²) in [4.78, 5) is 40.2. The van der Waals surface area contributed by atoms with Crippen LogP contribution in [0.3, 0.4) is 0 Å². The molecule has 0 radical (unpaired) electrons. The summed E-state index contributed by atoms with van der Waals surface area (Å²) in [5.41, 5.74) is 0.650. The summed E-state index contributed by atoms with van der Waals surface area (Å²) < 4.78 is 47.8. The zero-order valence-corrected chi connectivity index (χ0v) is 19.5. The number of nitrogens with one attached hydrogen (secondary N) is 1. The predicted molar refractivity (Wildman–Crippen MR) is 125 cm³/mol. The highest BCUT2D eigenvalue weighted by atomic mass is 19.2. The van der Waals surface area contributed by atoms with Crippen molar-refractivity contribution in [1.82, 2.24) is 14.8 Å². The van der Waals surface area contributed by atoms with Gasteiger partial charge in [0, 0.05) is 49.9 Å². The van der Waals surface area contributed by atoms with Crippen LogP contribution in [0.1, 0.15) is 27.2 Å². The van der Waals surface area contributed by atoms with E-state index in [9.17, 15) is 27.6 Å². The highest BCUT2D eigenvalue weighted by Crippen LogP contribution is 2.23. The van der Waals surface area contributed by atoms with Crippen molar-refractivity contribution in [3.8, 4) is 5.75 Å². The molecule has 0 saturated carbocycles. The third-order valence-corrected chi connectivity index (χ3v) is 6.11. The molecule has 0 fully saturated rings. The van der Waals surface area contributed by atoms with Gasteiger partial charge in [0.05, 0.1) is 13.5 Å². The molecule has 2 heterocycles. The minimum atomic E-state index is -1.07. The van der Waals surface area contributed by atoms with Crippen LogP contribution in [0.2, 0.25) is 0 Å². The number of halogens is 3. The van der Waals surface area contributed by atoms with E-state index in [1.54, 1.807) is 6.07 Å². The van der Waals surface area contributed by atoms with Gasteiger partial charge >= 0.3 is 0 Å². The second kappa shape index (κ2) is 10.7. The standard InChI is InChI=1S/C26H24F3N3O4/c1-36-21-14-23(34)32-11-10-31(22(33)13-17-5-3-7-19(28)25(17)29)9-8-20(32)24(21)26(35)30-15-16-4-2-6-18(27)12-16/h2-7,12,14H,8-11,13,15H2,1H3,(H,30,35). The van der Waals surface area contributed by atoms with Gasteiger partial charge in [-0.1, -0.05) is 24.3 Å². The number of hydrogen-bond donors (Lipinski definition) is 1. The van der Waals surface area contributed by atoms with E-state index >= 15 is 0 Å². The van der Waals surface area contributed by atoms with E-state index in [0.717, 1.165) is 6.07 Å². The average molecular weight is 499 g/mol. The number of fused-ring (bicyclic) bond motifs is 1. The average Bonchev–Trinajstić information content (AvgIpc) is 3.09. The van der Waals surface area contributed by atoms with Crippen molar-refractivity contribution in [1.29, 1.82) is 0 Å². The first-order chi connectivity index (χ1) is 17.3. The van der Waals surface area contributed by atoms with E-state index in [0.29, 0.717) is 11.3 Å². The summed E-state index contributed by atoms with van der Waals surface area (Å²) in [5.74, 6) is -3.38. The Morgan fingerprint density at radius 2 is 1.81 bits per heavy atom. The molecule has 0 aliphatic carbocycles. The zero-order chi connectivity index (χ0) is 25.8. The fourth-order valence-electron chi connectivity index (χ4n) is 4.28. The van der Waals surface area contributed by atoms with Gasteiger partial charge in [-0.15, -0.1) is 0 Å². The van der Waals surface area contributed by atoms with Gasteiger partial charge in [0.2, 0.25) is 5.91 Å². The van der Waals surface area contributed by atoms with Crippen LogP contribution in [0.15, 0.2) is 53.3 Å². The quantitative estimate of drug-likeness (QED) is 0.566. The lowest BCUT2D eigenvalue weighted by molar-refractivity contribution is -0.130. The Kier molecular flexibility index (Phi) is 7.42. The number of amides is 2. The Morgan fingerprint density at radius 3 is 2.56 bits per heavy atom. The molecule has 188 valence electrons. The van der Waals surface area contributed by atoms with Crippen LogP contribution >= 0.6 is 0 Å². The van der Waals surface area contributed by atoms with Crippen LogP contribution in [0.5, 0.6) is 5.75 Å². The maximum absolute atomic E-state index is 14.0. The van der Waals surface area contributed by atoms with Gasteiger partial charge in [-0.3, -0.25) is 14.4 Å². The molecule has 1 aliphatic rings. The highest BCUT2D eigenvalue weighted by molar-refractivity contribution is 5.98. The number of rotatable bonds is 6. The summed E-state index contributed by atoms with van der Waals surface area (Å²) in [5, 5.41) is 2.73. The first-order valence-corrected chi connectivity index (χ1v) is 11.3. The molecule has 36 heavy (non-hydrogen) atoms. The van der Waals surface area contributed by atoms with Crippen molar-refractivity contribution in [3.63, 3.8) is 0 Å². The third kappa shape index (κ3) is 5.27. The molecule has 0 atom stereocenters. The minimum Gasteiger partial charge on any atom is -0.496 e. The third-order valence-electron chi connectivity index (χ3n) is 6.11. The molecule has 0 saturated heterocycles. The van der Waals surface area contributed by atoms with Gasteiger partial charge in [0.15, 0.2) is 11.6 Å². The van der Waals surface area contributed by atoms with E-state index in [1.807, 2.05) is 0 Å². The summed E-state index contributed by atoms with van der Waals surface area (Å²) >= 11 is 0. The molecule has 1 N–H and O–H groups in total. The number of aromatic nitrogens is 1. The van der Waals surface area contributed by atoms with E-state index in [4.69, 9.17) is 4.74 Å². The maximum Gasteiger partial charge on any atom is 0.257 e. The van der Waals surface area contributed by atoms with E-state index in [2.05, 4.69) is 5.32 Å². The molecule has 2 aromatic carbocycles. The normalized spacial score (nSPS) is 13.1. The molecule has 4 rings (SSSR count). The summed E-state index contributed by atoms with van der Waals surface area (Å²) in [6, 6.07) is 10.7. The van der Waals surface area contributed by atoms with Crippen LogP contribution in [0, 0.1) is 17.5 Å².